The second-order valence-electron chi connectivity index (χ2n) is 5.97. The molecule has 0 spiro atoms. The smallest absolute Gasteiger partial charge is 0.206 e. The molecule has 1 fully saturated rings. The van der Waals surface area contributed by atoms with Crippen molar-refractivity contribution in [2.24, 2.45) is 0 Å². The summed E-state index contributed by atoms with van der Waals surface area (Å²) in [4.78, 5) is 7.12. The lowest BCUT2D eigenvalue weighted by Crippen LogP contribution is -2.44. The molecule has 2 heterocycles. The van der Waals surface area contributed by atoms with E-state index in [1.807, 2.05) is 18.2 Å². The maximum Gasteiger partial charge on any atom is 0.206 e. The lowest BCUT2D eigenvalue weighted by atomic mass is 10.2. The second-order valence-corrected chi connectivity index (χ2v) is 6.38. The molecule has 0 atom stereocenters. The summed E-state index contributed by atoms with van der Waals surface area (Å²) in [5.41, 5.74) is 3.01. The van der Waals surface area contributed by atoms with Crippen molar-refractivity contribution in [2.75, 3.05) is 31.1 Å². The van der Waals surface area contributed by atoms with Gasteiger partial charge in [0.25, 0.3) is 0 Å². The van der Waals surface area contributed by atoms with Gasteiger partial charge in [-0.15, -0.1) is 0 Å². The number of benzene rings is 2. The Balaban J connectivity index is 1.78. The summed E-state index contributed by atoms with van der Waals surface area (Å²) < 4.78 is 15.6. The molecule has 6 heteroatoms. The van der Waals surface area contributed by atoms with E-state index >= 15 is 0 Å². The molecule has 1 aromatic heterocycles. The summed E-state index contributed by atoms with van der Waals surface area (Å²) in [5.74, 6) is 0.566. The third-order valence-corrected chi connectivity index (χ3v) is 4.65. The predicted molar refractivity (Wildman–Crippen MR) is 95.3 cm³/mol. The van der Waals surface area contributed by atoms with Crippen LogP contribution in [0.15, 0.2) is 42.5 Å². The standard InChI is InChI=1S/C18H18ClFN4/c19-14-11-13(5-6-15(14)20)12-24-17-4-2-1-3-16(17)22-18(24)23-9-7-21-8-10-23/h1-6,11,21H,7-10,12H2. The number of para-hydroxylation sites is 2. The lowest BCUT2D eigenvalue weighted by molar-refractivity contribution is 0.571. The number of fused-ring (bicyclic) bond motifs is 1. The molecular formula is C18H18ClFN4. The molecule has 24 heavy (non-hydrogen) atoms. The number of nitrogens with one attached hydrogen (secondary N) is 1. The van der Waals surface area contributed by atoms with Gasteiger partial charge in [0.05, 0.1) is 22.6 Å². The SMILES string of the molecule is Fc1ccc(Cn2c(N3CCNCC3)nc3ccccc32)cc1Cl. The monoisotopic (exact) mass is 344 g/mol. The Labute approximate surface area is 144 Å². The number of hydrogen-bond donors (Lipinski definition) is 1. The van der Waals surface area contributed by atoms with Gasteiger partial charge in [-0.1, -0.05) is 29.8 Å². The van der Waals surface area contributed by atoms with Gasteiger partial charge in [-0.2, -0.15) is 0 Å². The van der Waals surface area contributed by atoms with E-state index in [1.54, 1.807) is 12.1 Å². The van der Waals surface area contributed by atoms with Crippen molar-refractivity contribution >= 4 is 28.6 Å². The molecule has 3 aromatic rings. The summed E-state index contributed by atoms with van der Waals surface area (Å²) in [6.45, 7) is 4.36. The largest absolute Gasteiger partial charge is 0.340 e. The van der Waals surface area contributed by atoms with E-state index in [0.717, 1.165) is 48.7 Å². The van der Waals surface area contributed by atoms with E-state index in [4.69, 9.17) is 16.6 Å². The number of anilines is 1. The van der Waals surface area contributed by atoms with E-state index in [0.29, 0.717) is 6.54 Å². The van der Waals surface area contributed by atoms with Crippen molar-refractivity contribution in [1.29, 1.82) is 0 Å². The zero-order chi connectivity index (χ0) is 16.5. The number of imidazole rings is 1. The van der Waals surface area contributed by atoms with E-state index < -0.39 is 5.82 Å². The van der Waals surface area contributed by atoms with E-state index in [2.05, 4.69) is 20.9 Å². The molecule has 1 saturated heterocycles. The van der Waals surface area contributed by atoms with Crippen LogP contribution >= 0.6 is 11.6 Å². The zero-order valence-corrected chi connectivity index (χ0v) is 13.9. The van der Waals surface area contributed by atoms with E-state index in [9.17, 15) is 4.39 Å². The molecule has 1 aliphatic rings. The Morgan fingerprint density at radius 3 is 2.71 bits per heavy atom. The minimum absolute atomic E-state index is 0.153. The first-order chi connectivity index (χ1) is 11.7. The first kappa shape index (κ1) is 15.4. The van der Waals surface area contributed by atoms with Crippen LogP contribution in [0.4, 0.5) is 10.3 Å². The van der Waals surface area contributed by atoms with Crippen LogP contribution in [0.5, 0.6) is 0 Å². The molecule has 4 nitrogen and oxygen atoms in total. The van der Waals surface area contributed by atoms with Crippen molar-refractivity contribution in [3.8, 4) is 0 Å². The fourth-order valence-electron chi connectivity index (χ4n) is 3.15. The number of hydrogen-bond acceptors (Lipinski definition) is 3. The van der Waals surface area contributed by atoms with Crippen LogP contribution in [0.25, 0.3) is 11.0 Å². The summed E-state index contributed by atoms with van der Waals surface area (Å²) in [6.07, 6.45) is 0. The normalized spacial score (nSPS) is 15.2. The third-order valence-electron chi connectivity index (χ3n) is 4.36. The van der Waals surface area contributed by atoms with Crippen LogP contribution < -0.4 is 10.2 Å². The highest BCUT2D eigenvalue weighted by atomic mass is 35.5. The Morgan fingerprint density at radius 1 is 1.12 bits per heavy atom. The minimum Gasteiger partial charge on any atom is -0.340 e. The van der Waals surface area contributed by atoms with Crippen LogP contribution in [0.1, 0.15) is 5.56 Å². The van der Waals surface area contributed by atoms with Crippen molar-refractivity contribution in [1.82, 2.24) is 14.9 Å². The van der Waals surface area contributed by atoms with Gasteiger partial charge in [-0.25, -0.2) is 9.37 Å². The van der Waals surface area contributed by atoms with Crippen LogP contribution in [0, 0.1) is 5.82 Å². The Morgan fingerprint density at radius 2 is 1.92 bits per heavy atom. The van der Waals surface area contributed by atoms with Gasteiger partial charge in [-0.05, 0) is 29.8 Å². The van der Waals surface area contributed by atoms with Gasteiger partial charge in [0.1, 0.15) is 5.82 Å². The summed E-state index contributed by atoms with van der Waals surface area (Å²) >= 11 is 5.94. The molecule has 1 aliphatic heterocycles. The molecule has 0 unspecified atom stereocenters. The summed E-state index contributed by atoms with van der Waals surface area (Å²) in [5, 5.41) is 3.52. The molecule has 0 amide bonds. The summed E-state index contributed by atoms with van der Waals surface area (Å²) in [6, 6.07) is 13.0. The van der Waals surface area contributed by atoms with Gasteiger partial charge >= 0.3 is 0 Å². The van der Waals surface area contributed by atoms with Crippen LogP contribution in [-0.2, 0) is 6.54 Å². The van der Waals surface area contributed by atoms with Gasteiger partial charge in [0, 0.05) is 26.2 Å². The Kier molecular flexibility index (Phi) is 4.12. The van der Waals surface area contributed by atoms with Crippen LogP contribution in [-0.4, -0.2) is 35.7 Å². The van der Waals surface area contributed by atoms with Crippen molar-refractivity contribution < 1.29 is 4.39 Å². The van der Waals surface area contributed by atoms with Gasteiger partial charge < -0.3 is 14.8 Å². The molecule has 0 saturated carbocycles. The maximum absolute atomic E-state index is 13.4. The molecule has 1 N–H and O–H groups in total. The van der Waals surface area contributed by atoms with Gasteiger partial charge in [-0.3, -0.25) is 0 Å². The topological polar surface area (TPSA) is 33.1 Å². The zero-order valence-electron chi connectivity index (χ0n) is 13.2. The average molecular weight is 345 g/mol. The molecule has 2 aromatic carbocycles. The highest BCUT2D eigenvalue weighted by molar-refractivity contribution is 6.30. The van der Waals surface area contributed by atoms with Crippen LogP contribution in [0.3, 0.4) is 0 Å². The van der Waals surface area contributed by atoms with Crippen molar-refractivity contribution in [3.05, 3.63) is 58.9 Å². The molecule has 0 aliphatic carbocycles. The Hall–Kier alpha value is -2.11. The number of piperazine rings is 1. The predicted octanol–water partition coefficient (Wildman–Crippen LogP) is 3.29. The lowest BCUT2D eigenvalue weighted by Gasteiger charge is -2.29. The van der Waals surface area contributed by atoms with Crippen molar-refractivity contribution in [3.63, 3.8) is 0 Å². The Bertz CT molecular complexity index is 871. The first-order valence-corrected chi connectivity index (χ1v) is 8.45. The number of nitrogens with zero attached hydrogens (tertiary/aromatic N) is 3. The van der Waals surface area contributed by atoms with Crippen molar-refractivity contribution in [2.45, 2.75) is 6.54 Å². The number of aromatic nitrogens is 2. The fraction of sp³-hybridized carbons (Fsp3) is 0.278. The minimum atomic E-state index is -0.391. The fourth-order valence-corrected chi connectivity index (χ4v) is 3.35. The molecule has 4 rings (SSSR count). The van der Waals surface area contributed by atoms with Gasteiger partial charge in [0.15, 0.2) is 0 Å². The maximum atomic E-state index is 13.4. The molecule has 0 radical (unpaired) electrons. The number of halogens is 2. The molecule has 124 valence electrons. The van der Waals surface area contributed by atoms with Gasteiger partial charge in [0.2, 0.25) is 5.95 Å². The number of rotatable bonds is 3. The van der Waals surface area contributed by atoms with Crippen LogP contribution in [0.2, 0.25) is 5.02 Å². The quantitative estimate of drug-likeness (QED) is 0.791. The molecule has 0 bridgehead atoms. The second kappa shape index (κ2) is 6.42. The summed E-state index contributed by atoms with van der Waals surface area (Å²) in [7, 11) is 0. The van der Waals surface area contributed by atoms with E-state index in [-0.39, 0.29) is 5.02 Å². The van der Waals surface area contributed by atoms with E-state index in [1.165, 1.54) is 6.07 Å². The molecular weight excluding hydrogens is 327 g/mol. The average Bonchev–Trinajstić information content (AvgIpc) is 2.98. The highest BCUT2D eigenvalue weighted by Gasteiger charge is 2.19. The first-order valence-electron chi connectivity index (χ1n) is 8.07. The third kappa shape index (κ3) is 2.85. The highest BCUT2D eigenvalue weighted by Crippen LogP contribution is 2.25.